The molecule has 0 saturated carbocycles. The van der Waals surface area contributed by atoms with Gasteiger partial charge >= 0.3 is 5.97 Å². The van der Waals surface area contributed by atoms with Gasteiger partial charge in [-0.15, -0.1) is 0 Å². The standard InChI is InChI=1S/C11H11NO4/c12-6-9(13)11(16)8-3-1-2-7(4-8)5-10(14)15/h1-4,9,11,13,16H,5H2,(H,14,15). The van der Waals surface area contributed by atoms with Gasteiger partial charge in [0.25, 0.3) is 0 Å². The maximum Gasteiger partial charge on any atom is 0.307 e. The molecule has 0 aliphatic rings. The van der Waals surface area contributed by atoms with E-state index < -0.39 is 18.2 Å². The van der Waals surface area contributed by atoms with Gasteiger partial charge in [-0.3, -0.25) is 4.79 Å². The number of aliphatic carboxylic acids is 1. The second-order valence-electron chi connectivity index (χ2n) is 3.33. The molecule has 0 spiro atoms. The average molecular weight is 221 g/mol. The van der Waals surface area contributed by atoms with Gasteiger partial charge in [0.1, 0.15) is 6.10 Å². The smallest absolute Gasteiger partial charge is 0.307 e. The fraction of sp³-hybridized carbons (Fsp3) is 0.273. The van der Waals surface area contributed by atoms with Crippen LogP contribution in [0.15, 0.2) is 24.3 Å². The maximum absolute atomic E-state index is 10.5. The SMILES string of the molecule is N#CC(O)C(O)c1cccc(CC(=O)O)c1. The van der Waals surface area contributed by atoms with Crippen molar-refractivity contribution in [2.75, 3.05) is 0 Å². The van der Waals surface area contributed by atoms with Crippen LogP contribution in [0.3, 0.4) is 0 Å². The molecule has 2 atom stereocenters. The third kappa shape index (κ3) is 3.05. The van der Waals surface area contributed by atoms with E-state index in [0.29, 0.717) is 11.1 Å². The maximum atomic E-state index is 10.5. The minimum Gasteiger partial charge on any atom is -0.481 e. The molecule has 1 aromatic rings. The van der Waals surface area contributed by atoms with Gasteiger partial charge in [-0.2, -0.15) is 5.26 Å². The van der Waals surface area contributed by atoms with Gasteiger partial charge in [0.05, 0.1) is 12.5 Å². The number of aliphatic hydroxyl groups excluding tert-OH is 2. The van der Waals surface area contributed by atoms with E-state index in [1.807, 2.05) is 0 Å². The van der Waals surface area contributed by atoms with Gasteiger partial charge in [-0.25, -0.2) is 0 Å². The Hall–Kier alpha value is -1.90. The van der Waals surface area contributed by atoms with Crippen molar-refractivity contribution in [3.8, 4) is 6.07 Å². The number of aliphatic hydroxyl groups is 2. The van der Waals surface area contributed by atoms with Crippen LogP contribution in [0, 0.1) is 11.3 Å². The Morgan fingerprint density at radius 1 is 1.44 bits per heavy atom. The van der Waals surface area contributed by atoms with Crippen LogP contribution in [0.5, 0.6) is 0 Å². The van der Waals surface area contributed by atoms with Gasteiger partial charge in [0, 0.05) is 0 Å². The summed E-state index contributed by atoms with van der Waals surface area (Å²) >= 11 is 0. The lowest BCUT2D eigenvalue weighted by atomic mass is 10.0. The summed E-state index contributed by atoms with van der Waals surface area (Å²) in [7, 11) is 0. The monoisotopic (exact) mass is 221 g/mol. The molecule has 0 aliphatic carbocycles. The third-order valence-electron chi connectivity index (χ3n) is 2.08. The second kappa shape index (κ2) is 5.26. The number of nitrogens with zero attached hydrogens (tertiary/aromatic N) is 1. The van der Waals surface area contributed by atoms with E-state index >= 15 is 0 Å². The molecule has 1 aromatic carbocycles. The van der Waals surface area contributed by atoms with Crippen LogP contribution in [-0.4, -0.2) is 27.4 Å². The van der Waals surface area contributed by atoms with Crippen molar-refractivity contribution < 1.29 is 20.1 Å². The normalized spacial score (nSPS) is 13.8. The Morgan fingerprint density at radius 3 is 2.69 bits per heavy atom. The lowest BCUT2D eigenvalue weighted by Crippen LogP contribution is -2.16. The van der Waals surface area contributed by atoms with E-state index in [1.165, 1.54) is 18.2 Å². The highest BCUT2D eigenvalue weighted by Crippen LogP contribution is 2.18. The molecule has 3 N–H and O–H groups in total. The Balaban J connectivity index is 2.90. The minimum atomic E-state index is -1.51. The summed E-state index contributed by atoms with van der Waals surface area (Å²) in [6, 6.07) is 7.67. The highest BCUT2D eigenvalue weighted by molar-refractivity contribution is 5.70. The van der Waals surface area contributed by atoms with E-state index in [-0.39, 0.29) is 6.42 Å². The van der Waals surface area contributed by atoms with Gasteiger partial charge in [0.15, 0.2) is 6.10 Å². The van der Waals surface area contributed by atoms with Crippen LogP contribution in [0.25, 0.3) is 0 Å². The Labute approximate surface area is 92.2 Å². The number of nitriles is 1. The van der Waals surface area contributed by atoms with Crippen LogP contribution < -0.4 is 0 Å². The van der Waals surface area contributed by atoms with Gasteiger partial charge in [-0.05, 0) is 11.1 Å². The summed E-state index contributed by atoms with van der Waals surface area (Å²) in [6.45, 7) is 0. The number of hydrogen-bond acceptors (Lipinski definition) is 4. The zero-order valence-electron chi connectivity index (χ0n) is 8.37. The highest BCUT2D eigenvalue weighted by Gasteiger charge is 2.17. The first-order valence-corrected chi connectivity index (χ1v) is 4.61. The Bertz CT molecular complexity index is 424. The summed E-state index contributed by atoms with van der Waals surface area (Å²) in [5.74, 6) is -0.979. The van der Waals surface area contributed by atoms with Crippen molar-refractivity contribution in [2.45, 2.75) is 18.6 Å². The van der Waals surface area contributed by atoms with Gasteiger partial charge < -0.3 is 15.3 Å². The summed E-state index contributed by atoms with van der Waals surface area (Å²) < 4.78 is 0. The number of benzene rings is 1. The quantitative estimate of drug-likeness (QED) is 0.632. The molecule has 0 fully saturated rings. The van der Waals surface area contributed by atoms with Crippen molar-refractivity contribution in [1.29, 1.82) is 5.26 Å². The molecule has 2 unspecified atom stereocenters. The predicted octanol–water partition coefficient (Wildman–Crippen LogP) is 0.232. The fourth-order valence-electron chi connectivity index (χ4n) is 1.31. The molecule has 5 heteroatoms. The zero-order chi connectivity index (χ0) is 12.1. The minimum absolute atomic E-state index is 0.163. The summed E-state index contributed by atoms with van der Waals surface area (Å²) in [5, 5.41) is 35.7. The van der Waals surface area contributed by atoms with E-state index in [9.17, 15) is 9.90 Å². The Morgan fingerprint density at radius 2 is 2.12 bits per heavy atom. The largest absolute Gasteiger partial charge is 0.481 e. The molecule has 0 aromatic heterocycles. The van der Waals surface area contributed by atoms with Crippen molar-refractivity contribution in [2.24, 2.45) is 0 Å². The zero-order valence-corrected chi connectivity index (χ0v) is 8.37. The number of carboxylic acids is 1. The lowest BCUT2D eigenvalue weighted by Gasteiger charge is -2.12. The molecular weight excluding hydrogens is 210 g/mol. The van der Waals surface area contributed by atoms with Gasteiger partial charge in [-0.1, -0.05) is 24.3 Å². The molecule has 0 saturated heterocycles. The average Bonchev–Trinajstić information content (AvgIpc) is 2.26. The Kier molecular flexibility index (Phi) is 4.00. The molecule has 16 heavy (non-hydrogen) atoms. The van der Waals surface area contributed by atoms with E-state index in [4.69, 9.17) is 15.5 Å². The molecule has 0 heterocycles. The predicted molar refractivity (Wildman–Crippen MR) is 54.4 cm³/mol. The van der Waals surface area contributed by atoms with E-state index in [1.54, 1.807) is 12.1 Å². The lowest BCUT2D eigenvalue weighted by molar-refractivity contribution is -0.136. The van der Waals surface area contributed by atoms with Crippen LogP contribution in [0.4, 0.5) is 0 Å². The van der Waals surface area contributed by atoms with Crippen LogP contribution in [-0.2, 0) is 11.2 Å². The first kappa shape index (κ1) is 12.2. The van der Waals surface area contributed by atoms with Crippen molar-refractivity contribution in [3.63, 3.8) is 0 Å². The highest BCUT2D eigenvalue weighted by atomic mass is 16.4. The van der Waals surface area contributed by atoms with Gasteiger partial charge in [0.2, 0.25) is 0 Å². The molecule has 0 radical (unpaired) electrons. The number of carbonyl (C=O) groups is 1. The van der Waals surface area contributed by atoms with E-state index in [0.717, 1.165) is 0 Å². The van der Waals surface area contributed by atoms with Crippen molar-refractivity contribution in [1.82, 2.24) is 0 Å². The van der Waals surface area contributed by atoms with Crippen molar-refractivity contribution >= 4 is 5.97 Å². The molecule has 84 valence electrons. The fourth-order valence-corrected chi connectivity index (χ4v) is 1.31. The summed E-state index contributed by atoms with van der Waals surface area (Å²) in [5.41, 5.74) is 0.835. The molecule has 0 aliphatic heterocycles. The van der Waals surface area contributed by atoms with Crippen LogP contribution in [0.1, 0.15) is 17.2 Å². The van der Waals surface area contributed by atoms with Crippen LogP contribution in [0.2, 0.25) is 0 Å². The molecule has 5 nitrogen and oxygen atoms in total. The topological polar surface area (TPSA) is 102 Å². The molecular formula is C11H11NO4. The molecule has 0 bridgehead atoms. The third-order valence-corrected chi connectivity index (χ3v) is 2.08. The number of rotatable bonds is 4. The second-order valence-corrected chi connectivity index (χ2v) is 3.33. The van der Waals surface area contributed by atoms with Crippen LogP contribution >= 0.6 is 0 Å². The first-order chi connectivity index (χ1) is 7.54. The summed E-state index contributed by atoms with van der Waals surface area (Å²) in [6.07, 6.45) is -3.00. The summed E-state index contributed by atoms with van der Waals surface area (Å²) in [4.78, 5) is 10.5. The number of hydrogen-bond donors (Lipinski definition) is 3. The molecule has 1 rings (SSSR count). The number of carboxylic acid groups (broad SMARTS) is 1. The molecule has 0 amide bonds. The van der Waals surface area contributed by atoms with Crippen molar-refractivity contribution in [3.05, 3.63) is 35.4 Å². The van der Waals surface area contributed by atoms with E-state index in [2.05, 4.69) is 0 Å². The first-order valence-electron chi connectivity index (χ1n) is 4.61.